The summed E-state index contributed by atoms with van der Waals surface area (Å²) in [6, 6.07) is 14.7. The number of aryl methyl sites for hydroxylation is 2. The molecule has 2 heterocycles. The molecule has 1 aliphatic heterocycles. The fourth-order valence-corrected chi connectivity index (χ4v) is 3.38. The summed E-state index contributed by atoms with van der Waals surface area (Å²) in [4.78, 5) is 9.32. The number of benzene rings is 2. The summed E-state index contributed by atoms with van der Waals surface area (Å²) in [7, 11) is 2.17. The second kappa shape index (κ2) is 8.45. The average Bonchev–Trinajstić information content (AvgIpc) is 2.72. The van der Waals surface area contributed by atoms with E-state index < -0.39 is 0 Å². The van der Waals surface area contributed by atoms with Crippen molar-refractivity contribution < 1.29 is 0 Å². The van der Waals surface area contributed by atoms with Crippen molar-refractivity contribution in [2.75, 3.05) is 48.8 Å². The van der Waals surface area contributed by atoms with Crippen molar-refractivity contribution in [2.24, 2.45) is 0 Å². The zero-order valence-electron chi connectivity index (χ0n) is 17.2. The molecule has 7 nitrogen and oxygen atoms in total. The fourth-order valence-electron chi connectivity index (χ4n) is 3.38. The highest BCUT2D eigenvalue weighted by molar-refractivity contribution is 5.63. The van der Waals surface area contributed by atoms with Crippen LogP contribution in [-0.2, 0) is 0 Å². The minimum absolute atomic E-state index is 0.470. The Balaban J connectivity index is 1.43. The number of nitrogens with zero attached hydrogens (tertiary/aromatic N) is 5. The van der Waals surface area contributed by atoms with Crippen molar-refractivity contribution in [2.45, 2.75) is 13.8 Å². The van der Waals surface area contributed by atoms with E-state index in [1.54, 1.807) is 6.20 Å². The van der Waals surface area contributed by atoms with Gasteiger partial charge in [-0.25, -0.2) is 0 Å². The lowest BCUT2D eigenvalue weighted by Crippen LogP contribution is -2.44. The molecule has 1 fully saturated rings. The minimum Gasteiger partial charge on any atom is -0.369 e. The fraction of sp³-hybridized carbons (Fsp3) is 0.318. The molecule has 0 aliphatic carbocycles. The van der Waals surface area contributed by atoms with E-state index in [1.807, 2.05) is 0 Å². The van der Waals surface area contributed by atoms with Gasteiger partial charge in [-0.3, -0.25) is 0 Å². The Morgan fingerprint density at radius 2 is 1.66 bits per heavy atom. The highest BCUT2D eigenvalue weighted by Gasteiger charge is 2.14. The van der Waals surface area contributed by atoms with E-state index in [0.29, 0.717) is 11.8 Å². The molecule has 1 aliphatic rings. The summed E-state index contributed by atoms with van der Waals surface area (Å²) in [6.45, 7) is 8.44. The zero-order chi connectivity index (χ0) is 20.2. The van der Waals surface area contributed by atoms with E-state index in [4.69, 9.17) is 0 Å². The molecule has 0 unspecified atom stereocenters. The predicted molar refractivity (Wildman–Crippen MR) is 118 cm³/mol. The third-order valence-corrected chi connectivity index (χ3v) is 5.21. The number of nitrogens with one attached hydrogen (secondary N) is 2. The molecule has 150 valence electrons. The van der Waals surface area contributed by atoms with Crippen LogP contribution in [0.15, 0.2) is 48.7 Å². The minimum atomic E-state index is 0.470. The first-order chi connectivity index (χ1) is 14.1. The van der Waals surface area contributed by atoms with E-state index in [2.05, 4.69) is 99.0 Å². The third-order valence-electron chi connectivity index (χ3n) is 5.21. The Hall–Kier alpha value is -3.19. The van der Waals surface area contributed by atoms with Gasteiger partial charge in [0, 0.05) is 43.2 Å². The lowest BCUT2D eigenvalue weighted by Gasteiger charge is -2.34. The van der Waals surface area contributed by atoms with Gasteiger partial charge in [0.05, 0.1) is 6.20 Å². The maximum absolute atomic E-state index is 4.54. The topological polar surface area (TPSA) is 69.2 Å². The zero-order valence-corrected chi connectivity index (χ0v) is 17.2. The molecular weight excluding hydrogens is 362 g/mol. The van der Waals surface area contributed by atoms with Gasteiger partial charge in [-0.05, 0) is 62.4 Å². The second-order valence-corrected chi connectivity index (χ2v) is 7.57. The Morgan fingerprint density at radius 3 is 2.41 bits per heavy atom. The molecule has 0 saturated carbocycles. The van der Waals surface area contributed by atoms with Crippen LogP contribution in [0.4, 0.5) is 28.8 Å². The van der Waals surface area contributed by atoms with Crippen LogP contribution in [0.3, 0.4) is 0 Å². The first-order valence-electron chi connectivity index (χ1n) is 9.91. The molecule has 7 heteroatoms. The number of rotatable bonds is 5. The Labute approximate surface area is 171 Å². The number of piperazine rings is 1. The molecule has 0 bridgehead atoms. The van der Waals surface area contributed by atoms with E-state index in [9.17, 15) is 0 Å². The summed E-state index contributed by atoms with van der Waals surface area (Å²) in [5, 5.41) is 14.8. The average molecular weight is 390 g/mol. The van der Waals surface area contributed by atoms with Crippen LogP contribution in [0.5, 0.6) is 0 Å². The smallest absolute Gasteiger partial charge is 0.249 e. The summed E-state index contributed by atoms with van der Waals surface area (Å²) in [5.41, 5.74) is 5.53. The lowest BCUT2D eigenvalue weighted by atomic mass is 10.1. The van der Waals surface area contributed by atoms with Gasteiger partial charge in [0.2, 0.25) is 5.95 Å². The predicted octanol–water partition coefficient (Wildman–Crippen LogP) is 3.73. The molecule has 2 N–H and O–H groups in total. The Kier molecular flexibility index (Phi) is 5.57. The highest BCUT2D eigenvalue weighted by atomic mass is 15.3. The highest BCUT2D eigenvalue weighted by Crippen LogP contribution is 2.23. The van der Waals surface area contributed by atoms with Crippen molar-refractivity contribution >= 4 is 28.8 Å². The quantitative estimate of drug-likeness (QED) is 0.689. The van der Waals surface area contributed by atoms with Gasteiger partial charge in [0.25, 0.3) is 0 Å². The van der Waals surface area contributed by atoms with Gasteiger partial charge in [-0.1, -0.05) is 12.1 Å². The van der Waals surface area contributed by atoms with Gasteiger partial charge in [-0.15, -0.1) is 5.10 Å². The number of hydrogen-bond donors (Lipinski definition) is 2. The van der Waals surface area contributed by atoms with E-state index in [0.717, 1.165) is 43.1 Å². The van der Waals surface area contributed by atoms with Crippen molar-refractivity contribution in [1.82, 2.24) is 20.1 Å². The van der Waals surface area contributed by atoms with Crippen LogP contribution in [0.2, 0.25) is 0 Å². The SMILES string of the molecule is Cc1ccc(C)c(Nc2nncc(Nc3ccc(N4CCN(C)CC4)cc3)n2)c1. The molecule has 3 aromatic rings. The molecule has 1 saturated heterocycles. The molecule has 2 aromatic carbocycles. The molecule has 4 rings (SSSR count). The standard InChI is InChI=1S/C22H27N7/c1-16-4-5-17(2)20(14-16)25-22-26-21(15-23-27-22)24-18-6-8-19(9-7-18)29-12-10-28(3)11-13-29/h4-9,14-15H,10-13H2,1-3H3,(H2,24,25,26,27). The molecule has 0 radical (unpaired) electrons. The van der Waals surface area contributed by atoms with Crippen LogP contribution >= 0.6 is 0 Å². The number of hydrogen-bond acceptors (Lipinski definition) is 7. The van der Waals surface area contributed by atoms with Crippen molar-refractivity contribution in [1.29, 1.82) is 0 Å². The first-order valence-corrected chi connectivity index (χ1v) is 9.91. The van der Waals surface area contributed by atoms with E-state index in [-0.39, 0.29) is 0 Å². The van der Waals surface area contributed by atoms with Crippen molar-refractivity contribution in [3.8, 4) is 0 Å². The van der Waals surface area contributed by atoms with Crippen molar-refractivity contribution in [3.63, 3.8) is 0 Å². The van der Waals surface area contributed by atoms with E-state index >= 15 is 0 Å². The molecular formula is C22H27N7. The molecule has 0 atom stereocenters. The summed E-state index contributed by atoms with van der Waals surface area (Å²) < 4.78 is 0. The number of aromatic nitrogens is 3. The van der Waals surface area contributed by atoms with Crippen molar-refractivity contribution in [3.05, 3.63) is 59.8 Å². The van der Waals surface area contributed by atoms with E-state index in [1.165, 1.54) is 11.3 Å². The maximum atomic E-state index is 4.54. The summed E-state index contributed by atoms with van der Waals surface area (Å²) in [5.74, 6) is 1.12. The van der Waals surface area contributed by atoms with Crippen LogP contribution < -0.4 is 15.5 Å². The van der Waals surface area contributed by atoms with Crippen LogP contribution in [0.25, 0.3) is 0 Å². The Bertz CT molecular complexity index is 963. The van der Waals surface area contributed by atoms with Gasteiger partial charge < -0.3 is 20.4 Å². The third kappa shape index (κ3) is 4.81. The van der Waals surface area contributed by atoms with Crippen LogP contribution in [0.1, 0.15) is 11.1 Å². The lowest BCUT2D eigenvalue weighted by molar-refractivity contribution is 0.313. The Morgan fingerprint density at radius 1 is 0.897 bits per heavy atom. The van der Waals surface area contributed by atoms with Crippen LogP contribution in [-0.4, -0.2) is 53.3 Å². The molecule has 0 spiro atoms. The summed E-state index contributed by atoms with van der Waals surface area (Å²) >= 11 is 0. The number of likely N-dealkylation sites (N-methyl/N-ethyl adjacent to an activating group) is 1. The second-order valence-electron chi connectivity index (χ2n) is 7.57. The van der Waals surface area contributed by atoms with Crippen LogP contribution in [0, 0.1) is 13.8 Å². The van der Waals surface area contributed by atoms with Gasteiger partial charge in [0.15, 0.2) is 5.82 Å². The normalized spacial score (nSPS) is 14.7. The first kappa shape index (κ1) is 19.1. The largest absolute Gasteiger partial charge is 0.369 e. The number of anilines is 5. The summed E-state index contributed by atoms with van der Waals surface area (Å²) in [6.07, 6.45) is 1.63. The van der Waals surface area contributed by atoms with Gasteiger partial charge in [-0.2, -0.15) is 10.1 Å². The molecule has 0 amide bonds. The van der Waals surface area contributed by atoms with Gasteiger partial charge in [0.1, 0.15) is 0 Å². The maximum Gasteiger partial charge on any atom is 0.249 e. The molecule has 1 aromatic heterocycles. The monoisotopic (exact) mass is 389 g/mol. The molecule has 29 heavy (non-hydrogen) atoms. The van der Waals surface area contributed by atoms with Gasteiger partial charge >= 0.3 is 0 Å².